The van der Waals surface area contributed by atoms with Crippen LogP contribution in [-0.4, -0.2) is 4.98 Å². The van der Waals surface area contributed by atoms with E-state index in [9.17, 15) is 0 Å². The molecule has 2 aromatic rings. The average Bonchev–Trinajstić information content (AvgIpc) is 2.34. The van der Waals surface area contributed by atoms with Gasteiger partial charge in [0.2, 0.25) is 0 Å². The number of rotatable bonds is 0. The molecule has 1 heterocycles. The predicted octanol–water partition coefficient (Wildman–Crippen LogP) is 5.38. The van der Waals surface area contributed by atoms with E-state index in [4.69, 9.17) is 11.6 Å². The van der Waals surface area contributed by atoms with E-state index in [0.29, 0.717) is 5.69 Å². The molecule has 2 rings (SSSR count). The highest BCUT2D eigenvalue weighted by Crippen LogP contribution is 2.34. The van der Waals surface area contributed by atoms with Crippen molar-refractivity contribution in [1.82, 2.24) is 4.98 Å². The molecule has 0 spiro atoms. The molecule has 0 saturated carbocycles. The van der Waals surface area contributed by atoms with Crippen molar-refractivity contribution in [2.24, 2.45) is 0 Å². The maximum atomic E-state index is 7.17. The summed E-state index contributed by atoms with van der Waals surface area (Å²) in [5.41, 5.74) is 4.01. The highest BCUT2D eigenvalue weighted by atomic mass is 14.7. The SMILES string of the molecule is [C-]#[N+]c1ccc2c(C(C)(C)C)cc(C(C)(C)C)nc2c1. The Labute approximate surface area is 121 Å². The summed E-state index contributed by atoms with van der Waals surface area (Å²) in [5, 5.41) is 1.15. The van der Waals surface area contributed by atoms with Crippen LogP contribution in [0, 0.1) is 6.57 Å². The van der Waals surface area contributed by atoms with Gasteiger partial charge in [-0.1, -0.05) is 53.7 Å². The first-order chi connectivity index (χ1) is 9.13. The monoisotopic (exact) mass is 266 g/mol. The second-order valence-electron chi connectivity index (χ2n) is 7.37. The first-order valence-corrected chi connectivity index (χ1v) is 6.96. The smallest absolute Gasteiger partial charge is 0.189 e. The normalized spacial score (nSPS) is 12.4. The minimum Gasteiger partial charge on any atom is -0.254 e. The van der Waals surface area contributed by atoms with Crippen molar-refractivity contribution >= 4 is 16.6 Å². The third kappa shape index (κ3) is 2.67. The Morgan fingerprint density at radius 2 is 1.60 bits per heavy atom. The molecule has 0 atom stereocenters. The topological polar surface area (TPSA) is 17.2 Å². The van der Waals surface area contributed by atoms with Crippen LogP contribution in [-0.2, 0) is 10.8 Å². The Balaban J connectivity index is 2.86. The van der Waals surface area contributed by atoms with Gasteiger partial charge in [0.15, 0.2) is 5.69 Å². The van der Waals surface area contributed by atoms with Gasteiger partial charge in [0.1, 0.15) is 0 Å². The van der Waals surface area contributed by atoms with E-state index in [1.54, 1.807) is 0 Å². The predicted molar refractivity (Wildman–Crippen MR) is 85.4 cm³/mol. The summed E-state index contributed by atoms with van der Waals surface area (Å²) in [7, 11) is 0. The third-order valence-corrected chi connectivity index (χ3v) is 3.50. The Bertz CT molecular complexity index is 692. The Morgan fingerprint density at radius 3 is 2.10 bits per heavy atom. The maximum absolute atomic E-state index is 7.17. The highest BCUT2D eigenvalue weighted by Gasteiger charge is 2.23. The van der Waals surface area contributed by atoms with Crippen molar-refractivity contribution in [2.45, 2.75) is 52.4 Å². The zero-order valence-electron chi connectivity index (χ0n) is 13.2. The number of aromatic nitrogens is 1. The minimum atomic E-state index is 0.00228. The summed E-state index contributed by atoms with van der Waals surface area (Å²) in [5.74, 6) is 0. The molecule has 0 fully saturated rings. The molecule has 0 aliphatic heterocycles. The van der Waals surface area contributed by atoms with Gasteiger partial charge in [-0.3, -0.25) is 4.98 Å². The minimum absolute atomic E-state index is 0.00228. The summed E-state index contributed by atoms with van der Waals surface area (Å²) in [6.07, 6.45) is 0. The van der Waals surface area contributed by atoms with E-state index in [-0.39, 0.29) is 10.8 Å². The van der Waals surface area contributed by atoms with Gasteiger partial charge in [-0.25, -0.2) is 4.85 Å². The molecule has 1 aromatic carbocycles. The number of hydrogen-bond acceptors (Lipinski definition) is 1. The van der Waals surface area contributed by atoms with E-state index < -0.39 is 0 Å². The van der Waals surface area contributed by atoms with Crippen LogP contribution in [0.4, 0.5) is 5.69 Å². The fourth-order valence-electron chi connectivity index (χ4n) is 2.29. The first-order valence-electron chi connectivity index (χ1n) is 6.96. The second kappa shape index (κ2) is 4.59. The lowest BCUT2D eigenvalue weighted by molar-refractivity contribution is 0.558. The molecule has 104 valence electrons. The van der Waals surface area contributed by atoms with Crippen molar-refractivity contribution in [3.05, 3.63) is 46.9 Å². The lowest BCUT2D eigenvalue weighted by Gasteiger charge is -2.26. The van der Waals surface area contributed by atoms with Crippen LogP contribution >= 0.6 is 0 Å². The van der Waals surface area contributed by atoms with Crippen LogP contribution in [0.2, 0.25) is 0 Å². The summed E-state index contributed by atoms with van der Waals surface area (Å²) in [4.78, 5) is 8.30. The van der Waals surface area contributed by atoms with Crippen LogP contribution < -0.4 is 0 Å². The molecule has 0 bridgehead atoms. The lowest BCUT2D eigenvalue weighted by atomic mass is 9.81. The zero-order valence-corrected chi connectivity index (χ0v) is 13.2. The Hall–Kier alpha value is -1.88. The van der Waals surface area contributed by atoms with E-state index in [1.165, 1.54) is 5.56 Å². The van der Waals surface area contributed by atoms with Crippen LogP contribution in [0.5, 0.6) is 0 Å². The molecule has 2 heteroatoms. The number of fused-ring (bicyclic) bond motifs is 1. The van der Waals surface area contributed by atoms with Crippen molar-refractivity contribution in [1.29, 1.82) is 0 Å². The van der Waals surface area contributed by atoms with Gasteiger partial charge in [-0.15, -0.1) is 0 Å². The molecule has 0 aliphatic rings. The molecule has 1 aromatic heterocycles. The average molecular weight is 266 g/mol. The van der Waals surface area contributed by atoms with Gasteiger partial charge < -0.3 is 0 Å². The van der Waals surface area contributed by atoms with Gasteiger partial charge >= 0.3 is 0 Å². The van der Waals surface area contributed by atoms with Crippen molar-refractivity contribution in [3.8, 4) is 0 Å². The van der Waals surface area contributed by atoms with Gasteiger partial charge in [-0.05, 0) is 23.1 Å². The second-order valence-corrected chi connectivity index (χ2v) is 7.37. The van der Waals surface area contributed by atoms with Gasteiger partial charge in [0.25, 0.3) is 0 Å². The maximum Gasteiger partial charge on any atom is 0.189 e. The number of pyridine rings is 1. The van der Waals surface area contributed by atoms with Crippen LogP contribution in [0.25, 0.3) is 15.7 Å². The van der Waals surface area contributed by atoms with Crippen LogP contribution in [0.3, 0.4) is 0 Å². The van der Waals surface area contributed by atoms with Crippen LogP contribution in [0.1, 0.15) is 52.8 Å². The molecule has 0 saturated heterocycles. The molecule has 0 radical (unpaired) electrons. The van der Waals surface area contributed by atoms with Crippen molar-refractivity contribution in [2.75, 3.05) is 0 Å². The van der Waals surface area contributed by atoms with E-state index in [1.807, 2.05) is 18.2 Å². The van der Waals surface area contributed by atoms with E-state index in [2.05, 4.69) is 52.5 Å². The standard InChI is InChI=1S/C18H22N2/c1-17(2,3)14-11-16(18(4,5)6)20-15-10-12(19-7)8-9-13(14)15/h8-11H,1-6H3. The fourth-order valence-corrected chi connectivity index (χ4v) is 2.29. The number of hydrogen-bond donors (Lipinski definition) is 0. The van der Waals surface area contributed by atoms with E-state index >= 15 is 0 Å². The summed E-state index contributed by atoms with van der Waals surface area (Å²) < 4.78 is 0. The molecule has 0 N–H and O–H groups in total. The molecule has 2 nitrogen and oxygen atoms in total. The lowest BCUT2D eigenvalue weighted by Crippen LogP contribution is -2.18. The number of benzene rings is 1. The summed E-state index contributed by atoms with van der Waals surface area (Å²) in [6, 6.07) is 8.03. The summed E-state index contributed by atoms with van der Waals surface area (Å²) in [6.45, 7) is 20.3. The molecule has 20 heavy (non-hydrogen) atoms. The third-order valence-electron chi connectivity index (χ3n) is 3.50. The quantitative estimate of drug-likeness (QED) is 0.585. The molecular formula is C18H22N2. The van der Waals surface area contributed by atoms with Gasteiger partial charge in [0.05, 0.1) is 12.1 Å². The fraction of sp³-hybridized carbons (Fsp3) is 0.444. The Kier molecular flexibility index (Phi) is 3.34. The molecule has 0 unspecified atom stereocenters. The first kappa shape index (κ1) is 14.5. The largest absolute Gasteiger partial charge is 0.254 e. The molecule has 0 amide bonds. The molecule has 0 aliphatic carbocycles. The van der Waals surface area contributed by atoms with Crippen molar-refractivity contribution in [3.63, 3.8) is 0 Å². The van der Waals surface area contributed by atoms with Crippen LogP contribution in [0.15, 0.2) is 24.3 Å². The number of nitrogens with zero attached hydrogens (tertiary/aromatic N) is 2. The van der Waals surface area contributed by atoms with Crippen molar-refractivity contribution < 1.29 is 0 Å². The van der Waals surface area contributed by atoms with Gasteiger partial charge in [0, 0.05) is 16.5 Å². The van der Waals surface area contributed by atoms with Gasteiger partial charge in [-0.2, -0.15) is 0 Å². The molecular weight excluding hydrogens is 244 g/mol. The Morgan fingerprint density at radius 1 is 0.950 bits per heavy atom. The highest BCUT2D eigenvalue weighted by molar-refractivity contribution is 5.86. The zero-order chi connectivity index (χ0) is 15.1. The van der Waals surface area contributed by atoms with E-state index in [0.717, 1.165) is 16.6 Å². The summed E-state index contributed by atoms with van der Waals surface area (Å²) >= 11 is 0.